The van der Waals surface area contributed by atoms with Crippen molar-refractivity contribution in [2.75, 3.05) is 31.3 Å². The van der Waals surface area contributed by atoms with Crippen molar-refractivity contribution in [2.24, 2.45) is 0 Å². The largest absolute Gasteiger partial charge is 0.398 e. The van der Waals surface area contributed by atoms with Crippen LogP contribution in [-0.4, -0.2) is 25.2 Å². The molecular weight excluding hydrogens is 190 g/mol. The average Bonchev–Trinajstić information content (AvgIpc) is 2.23. The number of nitrogen functional groups attached to an aromatic ring is 1. The third kappa shape index (κ3) is 4.16. The van der Waals surface area contributed by atoms with E-state index in [-0.39, 0.29) is 0 Å². The van der Waals surface area contributed by atoms with E-state index in [4.69, 9.17) is 10.5 Å². The highest BCUT2D eigenvalue weighted by atomic mass is 16.5. The van der Waals surface area contributed by atoms with Crippen molar-refractivity contribution < 1.29 is 4.74 Å². The normalized spacial score (nSPS) is 10.3. The maximum atomic E-state index is 5.77. The fourth-order valence-corrected chi connectivity index (χ4v) is 1.22. The van der Waals surface area contributed by atoms with Crippen molar-refractivity contribution >= 4 is 11.5 Å². The molecule has 0 aliphatic heterocycles. The molecule has 1 heterocycles. The summed E-state index contributed by atoms with van der Waals surface area (Å²) in [5.74, 6) is 0.843. The van der Waals surface area contributed by atoms with E-state index in [9.17, 15) is 0 Å². The molecule has 0 amide bonds. The third-order valence-electron chi connectivity index (χ3n) is 2.23. The molecule has 1 aromatic heterocycles. The zero-order valence-corrected chi connectivity index (χ0v) is 9.42. The van der Waals surface area contributed by atoms with Crippen LogP contribution < -0.4 is 11.1 Å². The van der Waals surface area contributed by atoms with Crippen LogP contribution in [0, 0.1) is 6.92 Å². The van der Waals surface area contributed by atoms with Crippen LogP contribution in [0.15, 0.2) is 12.3 Å². The fourth-order valence-electron chi connectivity index (χ4n) is 1.22. The van der Waals surface area contributed by atoms with Gasteiger partial charge >= 0.3 is 0 Å². The van der Waals surface area contributed by atoms with Crippen molar-refractivity contribution in [3.05, 3.63) is 17.8 Å². The SMILES string of the molecule is COCCCCNc1cc(N)c(C)cn1. The highest BCUT2D eigenvalue weighted by Crippen LogP contribution is 2.13. The average molecular weight is 209 g/mol. The summed E-state index contributed by atoms with van der Waals surface area (Å²) in [5, 5.41) is 3.22. The lowest BCUT2D eigenvalue weighted by molar-refractivity contribution is 0.194. The summed E-state index contributed by atoms with van der Waals surface area (Å²) in [6.07, 6.45) is 3.92. The number of pyridine rings is 1. The highest BCUT2D eigenvalue weighted by Gasteiger charge is 1.97. The van der Waals surface area contributed by atoms with Gasteiger partial charge in [0.05, 0.1) is 0 Å². The summed E-state index contributed by atoms with van der Waals surface area (Å²) >= 11 is 0. The van der Waals surface area contributed by atoms with Crippen LogP contribution in [0.1, 0.15) is 18.4 Å². The topological polar surface area (TPSA) is 60.2 Å². The Labute approximate surface area is 90.8 Å². The fraction of sp³-hybridized carbons (Fsp3) is 0.545. The summed E-state index contributed by atoms with van der Waals surface area (Å²) in [4.78, 5) is 4.23. The molecule has 1 rings (SSSR count). The van der Waals surface area contributed by atoms with Gasteiger partial charge < -0.3 is 15.8 Å². The number of anilines is 2. The van der Waals surface area contributed by atoms with Crippen molar-refractivity contribution in [2.45, 2.75) is 19.8 Å². The molecule has 0 aliphatic carbocycles. The summed E-state index contributed by atoms with van der Waals surface area (Å²) in [6, 6.07) is 1.87. The van der Waals surface area contributed by atoms with Crippen LogP contribution in [0.25, 0.3) is 0 Å². The molecule has 0 spiro atoms. The van der Waals surface area contributed by atoms with Crippen molar-refractivity contribution in [3.8, 4) is 0 Å². The van der Waals surface area contributed by atoms with Gasteiger partial charge in [0, 0.05) is 38.2 Å². The van der Waals surface area contributed by atoms with Crippen molar-refractivity contribution in [1.82, 2.24) is 4.98 Å². The minimum atomic E-state index is 0.782. The number of nitrogens with two attached hydrogens (primary N) is 1. The van der Waals surface area contributed by atoms with Gasteiger partial charge in [-0.05, 0) is 25.3 Å². The van der Waals surface area contributed by atoms with E-state index in [0.29, 0.717) is 0 Å². The molecule has 0 bridgehead atoms. The Balaban J connectivity index is 2.28. The van der Waals surface area contributed by atoms with Gasteiger partial charge in [0.15, 0.2) is 0 Å². The van der Waals surface area contributed by atoms with Gasteiger partial charge in [0.25, 0.3) is 0 Å². The molecule has 84 valence electrons. The number of nitrogens with one attached hydrogen (secondary N) is 1. The number of nitrogens with zero attached hydrogens (tertiary/aromatic N) is 1. The van der Waals surface area contributed by atoms with Crippen LogP contribution in [-0.2, 0) is 4.74 Å². The minimum absolute atomic E-state index is 0.782. The monoisotopic (exact) mass is 209 g/mol. The predicted molar refractivity (Wildman–Crippen MR) is 63.0 cm³/mol. The summed E-state index contributed by atoms with van der Waals surface area (Å²) in [6.45, 7) is 3.66. The van der Waals surface area contributed by atoms with Gasteiger partial charge in [-0.15, -0.1) is 0 Å². The highest BCUT2D eigenvalue weighted by molar-refractivity contribution is 5.53. The first-order valence-electron chi connectivity index (χ1n) is 5.19. The molecule has 0 aromatic carbocycles. The van der Waals surface area contributed by atoms with E-state index in [2.05, 4.69) is 10.3 Å². The quantitative estimate of drug-likeness (QED) is 0.701. The third-order valence-corrected chi connectivity index (χ3v) is 2.23. The molecule has 0 atom stereocenters. The smallest absolute Gasteiger partial charge is 0.127 e. The van der Waals surface area contributed by atoms with Gasteiger partial charge in [-0.25, -0.2) is 4.98 Å². The Kier molecular flexibility index (Phi) is 4.90. The molecular formula is C11H19N3O. The number of unbranched alkanes of at least 4 members (excludes halogenated alkanes) is 1. The Morgan fingerprint density at radius 1 is 1.47 bits per heavy atom. The van der Waals surface area contributed by atoms with Gasteiger partial charge in [-0.2, -0.15) is 0 Å². The molecule has 0 saturated carbocycles. The van der Waals surface area contributed by atoms with Crippen LogP contribution >= 0.6 is 0 Å². The first-order valence-corrected chi connectivity index (χ1v) is 5.19. The first kappa shape index (κ1) is 11.8. The van der Waals surface area contributed by atoms with E-state index in [1.54, 1.807) is 13.3 Å². The number of hydrogen-bond acceptors (Lipinski definition) is 4. The van der Waals surface area contributed by atoms with E-state index in [1.807, 2.05) is 13.0 Å². The number of aromatic nitrogens is 1. The Hall–Kier alpha value is -1.29. The van der Waals surface area contributed by atoms with E-state index in [1.165, 1.54) is 0 Å². The molecule has 0 unspecified atom stereocenters. The summed E-state index contributed by atoms with van der Waals surface area (Å²) in [5.41, 5.74) is 7.57. The Morgan fingerprint density at radius 3 is 2.93 bits per heavy atom. The Bertz CT molecular complexity index is 302. The molecule has 3 N–H and O–H groups in total. The van der Waals surface area contributed by atoms with Gasteiger partial charge in [0.1, 0.15) is 5.82 Å². The van der Waals surface area contributed by atoms with Gasteiger partial charge in [-0.1, -0.05) is 0 Å². The molecule has 1 aromatic rings. The first-order chi connectivity index (χ1) is 7.24. The van der Waals surface area contributed by atoms with Crippen molar-refractivity contribution in [3.63, 3.8) is 0 Å². The number of hydrogen-bond donors (Lipinski definition) is 2. The van der Waals surface area contributed by atoms with Crippen LogP contribution in [0.5, 0.6) is 0 Å². The second kappa shape index (κ2) is 6.24. The van der Waals surface area contributed by atoms with Gasteiger partial charge in [0.2, 0.25) is 0 Å². The molecule has 0 fully saturated rings. The van der Waals surface area contributed by atoms with Gasteiger partial charge in [-0.3, -0.25) is 0 Å². The number of aryl methyl sites for hydroxylation is 1. The molecule has 4 heteroatoms. The van der Waals surface area contributed by atoms with E-state index < -0.39 is 0 Å². The van der Waals surface area contributed by atoms with Crippen molar-refractivity contribution in [1.29, 1.82) is 0 Å². The lowest BCUT2D eigenvalue weighted by atomic mass is 10.2. The number of methoxy groups -OCH3 is 1. The molecule has 0 aliphatic rings. The predicted octanol–water partition coefficient (Wildman–Crippen LogP) is 1.81. The lowest BCUT2D eigenvalue weighted by Gasteiger charge is -2.07. The zero-order chi connectivity index (χ0) is 11.1. The zero-order valence-electron chi connectivity index (χ0n) is 9.42. The second-order valence-corrected chi connectivity index (χ2v) is 3.55. The molecule has 15 heavy (non-hydrogen) atoms. The maximum Gasteiger partial charge on any atom is 0.127 e. The Morgan fingerprint density at radius 2 is 2.27 bits per heavy atom. The van der Waals surface area contributed by atoms with E-state index >= 15 is 0 Å². The molecule has 0 saturated heterocycles. The second-order valence-electron chi connectivity index (χ2n) is 3.55. The van der Waals surface area contributed by atoms with E-state index in [0.717, 1.165) is 43.1 Å². The number of rotatable bonds is 6. The van der Waals surface area contributed by atoms with Crippen LogP contribution in [0.3, 0.4) is 0 Å². The van der Waals surface area contributed by atoms with Crippen LogP contribution in [0.2, 0.25) is 0 Å². The number of ether oxygens (including phenoxy) is 1. The molecule has 0 radical (unpaired) electrons. The summed E-state index contributed by atoms with van der Waals surface area (Å²) in [7, 11) is 1.72. The summed E-state index contributed by atoms with van der Waals surface area (Å²) < 4.78 is 4.97. The van der Waals surface area contributed by atoms with Crippen LogP contribution in [0.4, 0.5) is 11.5 Å². The molecule has 4 nitrogen and oxygen atoms in total. The standard InChI is InChI=1S/C11H19N3O/c1-9-8-14-11(7-10(9)12)13-5-3-4-6-15-2/h7-8H,3-6H2,1-2H3,(H3,12,13,14). The maximum absolute atomic E-state index is 5.77. The minimum Gasteiger partial charge on any atom is -0.398 e. The lowest BCUT2D eigenvalue weighted by Crippen LogP contribution is -2.05.